The minimum atomic E-state index is -4.50. The molecule has 9 nitrogen and oxygen atoms in total. The summed E-state index contributed by atoms with van der Waals surface area (Å²) >= 11 is 0. The molecule has 0 aliphatic carbocycles. The second kappa shape index (κ2) is 13.3. The molecule has 1 saturated heterocycles. The number of pyridine rings is 1. The molecule has 1 aliphatic heterocycles. The Bertz CT molecular complexity index is 1620. The average Bonchev–Trinajstić information content (AvgIpc) is 2.94. The largest absolute Gasteiger partial charge is 0.465 e. The first kappa shape index (κ1) is 30.9. The van der Waals surface area contributed by atoms with Crippen LogP contribution in [0.3, 0.4) is 0 Å². The second-order valence-corrected chi connectivity index (χ2v) is 11.7. The van der Waals surface area contributed by atoms with Gasteiger partial charge in [0.1, 0.15) is 16.5 Å². The molecule has 4 rings (SSSR count). The Hall–Kier alpha value is -4.05. The van der Waals surface area contributed by atoms with E-state index in [2.05, 4.69) is 38.4 Å². The van der Waals surface area contributed by atoms with Crippen molar-refractivity contribution in [3.63, 3.8) is 0 Å². The Balaban J connectivity index is 1.60. The summed E-state index contributed by atoms with van der Waals surface area (Å²) < 4.78 is 56.8. The number of hydrogen-bond acceptors (Lipinski definition) is 6. The van der Waals surface area contributed by atoms with Gasteiger partial charge in [-0.2, -0.15) is 4.39 Å². The lowest BCUT2D eigenvalue weighted by Gasteiger charge is -2.30. The number of nitrogens with one attached hydrogen (secondary N) is 1. The maximum absolute atomic E-state index is 15.4. The zero-order valence-corrected chi connectivity index (χ0v) is 24.5. The molecule has 1 amide bonds. The summed E-state index contributed by atoms with van der Waals surface area (Å²) in [4.78, 5) is 20.8. The van der Waals surface area contributed by atoms with Crippen molar-refractivity contribution in [3.05, 3.63) is 83.1 Å². The molecule has 3 aromatic rings. The molecule has 0 bridgehead atoms. The van der Waals surface area contributed by atoms with Gasteiger partial charge in [0.15, 0.2) is 0 Å². The number of nitrogens with zero attached hydrogens (tertiary/aromatic N) is 4. The Morgan fingerprint density at radius 2 is 1.83 bits per heavy atom. The number of likely N-dealkylation sites (N-methyl/N-ethyl adjacent to an activating group) is 1. The van der Waals surface area contributed by atoms with Crippen LogP contribution in [0.5, 0.6) is 0 Å². The highest BCUT2D eigenvalue weighted by Gasteiger charge is 2.29. The van der Waals surface area contributed by atoms with E-state index in [1.54, 1.807) is 32.0 Å². The van der Waals surface area contributed by atoms with E-state index in [1.165, 1.54) is 12.1 Å². The molecule has 1 atom stereocenters. The van der Waals surface area contributed by atoms with Gasteiger partial charge in [0.2, 0.25) is 5.95 Å². The maximum Gasteiger partial charge on any atom is 0.412 e. The van der Waals surface area contributed by atoms with Crippen molar-refractivity contribution in [1.29, 1.82) is 0 Å². The lowest BCUT2D eigenvalue weighted by molar-refractivity contribution is 0.168. The SMILES string of the molecule is CCc1cc(S(=O)(=O)Nc2cccc(F)n2)c(F)cc1N(C(=O)O)C(C)c1cccc(C#CCN2CCN(C)CC2)c1. The highest BCUT2D eigenvalue weighted by atomic mass is 32.2. The maximum atomic E-state index is 15.4. The molecule has 2 heterocycles. The molecule has 1 fully saturated rings. The summed E-state index contributed by atoms with van der Waals surface area (Å²) in [6.07, 6.45) is -1.12. The van der Waals surface area contributed by atoms with Crippen molar-refractivity contribution in [1.82, 2.24) is 14.8 Å². The van der Waals surface area contributed by atoms with Crippen molar-refractivity contribution in [2.45, 2.75) is 31.2 Å². The van der Waals surface area contributed by atoms with Crippen LogP contribution in [0.1, 0.15) is 36.6 Å². The average molecular weight is 598 g/mol. The molecular weight excluding hydrogens is 564 g/mol. The van der Waals surface area contributed by atoms with Gasteiger partial charge in [-0.3, -0.25) is 14.5 Å². The molecule has 2 aromatic carbocycles. The number of anilines is 2. The van der Waals surface area contributed by atoms with Gasteiger partial charge < -0.3 is 10.0 Å². The van der Waals surface area contributed by atoms with Crippen molar-refractivity contribution in [2.24, 2.45) is 0 Å². The predicted octanol–water partition coefficient (Wildman–Crippen LogP) is 4.57. The van der Waals surface area contributed by atoms with Gasteiger partial charge >= 0.3 is 6.09 Å². The van der Waals surface area contributed by atoms with Crippen LogP contribution in [0.4, 0.5) is 25.1 Å². The summed E-state index contributed by atoms with van der Waals surface area (Å²) in [5.41, 5.74) is 1.67. The summed E-state index contributed by atoms with van der Waals surface area (Å²) in [5.74, 6) is 3.96. The zero-order valence-electron chi connectivity index (χ0n) is 23.6. The van der Waals surface area contributed by atoms with Gasteiger partial charge in [-0.1, -0.05) is 37.0 Å². The molecule has 0 saturated carbocycles. The summed E-state index contributed by atoms with van der Waals surface area (Å²) in [6, 6.07) is 12.0. The number of rotatable bonds is 8. The van der Waals surface area contributed by atoms with Crippen LogP contribution in [0.2, 0.25) is 0 Å². The number of carbonyl (C=O) groups is 1. The fraction of sp³-hybridized carbons (Fsp3) is 0.333. The number of amides is 1. The Morgan fingerprint density at radius 3 is 2.50 bits per heavy atom. The number of carboxylic acid groups (broad SMARTS) is 1. The molecule has 1 unspecified atom stereocenters. The number of halogens is 2. The minimum absolute atomic E-state index is 0.0179. The highest BCUT2D eigenvalue weighted by Crippen LogP contribution is 2.34. The fourth-order valence-corrected chi connectivity index (χ4v) is 5.83. The number of sulfonamides is 1. The predicted molar refractivity (Wildman–Crippen MR) is 157 cm³/mol. The minimum Gasteiger partial charge on any atom is -0.465 e. The zero-order chi connectivity index (χ0) is 30.4. The van der Waals surface area contributed by atoms with E-state index in [9.17, 15) is 22.7 Å². The molecule has 0 radical (unpaired) electrons. The van der Waals surface area contributed by atoms with Gasteiger partial charge in [-0.05, 0) is 67.9 Å². The van der Waals surface area contributed by atoms with Crippen molar-refractivity contribution in [3.8, 4) is 11.8 Å². The first-order valence-electron chi connectivity index (χ1n) is 13.5. The summed E-state index contributed by atoms with van der Waals surface area (Å²) in [5, 5.41) is 10.2. The van der Waals surface area contributed by atoms with E-state index in [-0.39, 0.29) is 17.9 Å². The Labute approximate surface area is 244 Å². The van der Waals surface area contributed by atoms with Crippen LogP contribution < -0.4 is 9.62 Å². The highest BCUT2D eigenvalue weighted by molar-refractivity contribution is 7.92. The number of piperazine rings is 1. The van der Waals surface area contributed by atoms with E-state index in [0.717, 1.165) is 54.8 Å². The number of benzene rings is 2. The van der Waals surface area contributed by atoms with E-state index in [0.29, 0.717) is 17.7 Å². The first-order chi connectivity index (χ1) is 20.0. The smallest absolute Gasteiger partial charge is 0.412 e. The Morgan fingerprint density at radius 1 is 1.12 bits per heavy atom. The molecule has 12 heteroatoms. The molecule has 222 valence electrons. The van der Waals surface area contributed by atoms with Crippen LogP contribution in [0.25, 0.3) is 0 Å². The molecule has 0 spiro atoms. The van der Waals surface area contributed by atoms with Crippen LogP contribution >= 0.6 is 0 Å². The third-order valence-electron chi connectivity index (χ3n) is 7.11. The molecule has 1 aromatic heterocycles. The molecule has 42 heavy (non-hydrogen) atoms. The standard InChI is InChI=1S/C30H33F2N5O4S/c1-4-23-19-27(42(40,41)34-29-12-6-11-28(32)33-29)25(31)20-26(23)37(30(38)39)21(2)24-10-5-8-22(18-24)9-7-13-36-16-14-35(3)15-17-36/h5-6,8,10-12,18-21H,4,13-17H2,1-3H3,(H,33,34)(H,38,39). The van der Waals surface area contributed by atoms with E-state index < -0.39 is 38.8 Å². The van der Waals surface area contributed by atoms with Crippen LogP contribution in [0.15, 0.2) is 59.5 Å². The van der Waals surface area contributed by atoms with E-state index in [4.69, 9.17) is 0 Å². The number of hydrogen-bond donors (Lipinski definition) is 2. The quantitative estimate of drug-likeness (QED) is 0.290. The fourth-order valence-electron chi connectivity index (χ4n) is 4.72. The topological polar surface area (TPSA) is 106 Å². The molecular formula is C30H33F2N5O4S. The van der Waals surface area contributed by atoms with Crippen LogP contribution in [0, 0.1) is 23.6 Å². The van der Waals surface area contributed by atoms with Gasteiger partial charge in [0, 0.05) is 31.7 Å². The summed E-state index contributed by atoms with van der Waals surface area (Å²) in [7, 11) is -2.40. The summed E-state index contributed by atoms with van der Waals surface area (Å²) in [6.45, 7) is 7.89. The third kappa shape index (κ3) is 7.42. The number of aryl methyl sites for hydroxylation is 1. The van der Waals surface area contributed by atoms with Gasteiger partial charge in [0.25, 0.3) is 10.0 Å². The lowest BCUT2D eigenvalue weighted by Crippen LogP contribution is -2.44. The van der Waals surface area contributed by atoms with Gasteiger partial charge in [0.05, 0.1) is 18.3 Å². The normalized spacial score (nSPS) is 15.0. The van der Waals surface area contributed by atoms with Crippen molar-refractivity contribution < 1.29 is 27.1 Å². The third-order valence-corrected chi connectivity index (χ3v) is 8.48. The van der Waals surface area contributed by atoms with Gasteiger partial charge in [-0.25, -0.2) is 22.6 Å². The molecule has 2 N–H and O–H groups in total. The van der Waals surface area contributed by atoms with Crippen molar-refractivity contribution in [2.75, 3.05) is 49.4 Å². The van der Waals surface area contributed by atoms with Crippen LogP contribution in [-0.4, -0.2) is 74.2 Å². The monoisotopic (exact) mass is 597 g/mol. The lowest BCUT2D eigenvalue weighted by atomic mass is 10.0. The number of aromatic nitrogens is 1. The first-order valence-corrected chi connectivity index (χ1v) is 15.0. The second-order valence-electron chi connectivity index (χ2n) is 10.1. The van der Waals surface area contributed by atoms with E-state index >= 15 is 4.39 Å². The Kier molecular flexibility index (Phi) is 9.78. The van der Waals surface area contributed by atoms with Crippen LogP contribution in [-0.2, 0) is 16.4 Å². The van der Waals surface area contributed by atoms with Gasteiger partial charge in [-0.15, -0.1) is 0 Å². The molecule has 1 aliphatic rings. The van der Waals surface area contributed by atoms with Crippen molar-refractivity contribution >= 4 is 27.6 Å². The van der Waals surface area contributed by atoms with E-state index in [1.807, 2.05) is 6.07 Å².